The smallest absolute Gasteiger partial charge is 0.268 e. The second-order valence-corrected chi connectivity index (χ2v) is 7.24. The number of rotatable bonds is 5. The van der Waals surface area contributed by atoms with E-state index in [1.807, 2.05) is 60.2 Å². The van der Waals surface area contributed by atoms with Crippen molar-refractivity contribution in [2.45, 2.75) is 13.3 Å². The SMILES string of the molecule is CCc1nnc(NC(=O)C(C#N)=Cc2cccn2-c2ccc(Br)cc2)s1. The Morgan fingerprint density at radius 2 is 2.12 bits per heavy atom. The number of aromatic nitrogens is 3. The maximum Gasteiger partial charge on any atom is 0.268 e. The fourth-order valence-corrected chi connectivity index (χ4v) is 3.20. The second kappa shape index (κ2) is 8.08. The van der Waals surface area contributed by atoms with Crippen LogP contribution < -0.4 is 5.32 Å². The number of carbonyl (C=O) groups is 1. The molecule has 130 valence electrons. The molecular weight excluding hydrogens is 414 g/mol. The van der Waals surface area contributed by atoms with Gasteiger partial charge in [0.05, 0.1) is 0 Å². The molecular formula is C18H14BrN5OS. The number of anilines is 1. The number of halogens is 1. The van der Waals surface area contributed by atoms with Gasteiger partial charge in [-0.3, -0.25) is 10.1 Å². The molecule has 1 N–H and O–H groups in total. The van der Waals surface area contributed by atoms with Crippen molar-refractivity contribution in [3.63, 3.8) is 0 Å². The minimum absolute atomic E-state index is 0.00434. The molecule has 0 atom stereocenters. The standard InChI is InChI=1S/C18H14BrN5OS/c1-2-16-22-23-18(26-16)21-17(25)12(11-20)10-15-4-3-9-24(15)14-7-5-13(19)6-8-14/h3-10H,2H2,1H3,(H,21,23,25). The molecule has 26 heavy (non-hydrogen) atoms. The van der Waals surface area contributed by atoms with Gasteiger partial charge < -0.3 is 4.57 Å². The molecule has 0 saturated heterocycles. The van der Waals surface area contributed by atoms with E-state index in [2.05, 4.69) is 31.4 Å². The summed E-state index contributed by atoms with van der Waals surface area (Å²) >= 11 is 4.71. The van der Waals surface area contributed by atoms with Crippen LogP contribution >= 0.6 is 27.3 Å². The number of benzene rings is 1. The number of hydrogen-bond acceptors (Lipinski definition) is 5. The van der Waals surface area contributed by atoms with Crippen LogP contribution in [0.2, 0.25) is 0 Å². The molecule has 1 amide bonds. The zero-order valence-electron chi connectivity index (χ0n) is 13.8. The molecule has 2 heterocycles. The van der Waals surface area contributed by atoms with Crippen LogP contribution in [0.25, 0.3) is 11.8 Å². The fourth-order valence-electron chi connectivity index (χ4n) is 2.26. The predicted octanol–water partition coefficient (Wildman–Crippen LogP) is 4.20. The van der Waals surface area contributed by atoms with Gasteiger partial charge in [0.2, 0.25) is 5.13 Å². The van der Waals surface area contributed by atoms with E-state index in [0.717, 1.165) is 27.3 Å². The largest absolute Gasteiger partial charge is 0.317 e. The highest BCUT2D eigenvalue weighted by Gasteiger charge is 2.13. The van der Waals surface area contributed by atoms with Gasteiger partial charge in [-0.15, -0.1) is 10.2 Å². The first-order valence-corrected chi connectivity index (χ1v) is 9.40. The van der Waals surface area contributed by atoms with E-state index in [-0.39, 0.29) is 5.57 Å². The predicted molar refractivity (Wildman–Crippen MR) is 105 cm³/mol. The van der Waals surface area contributed by atoms with E-state index in [9.17, 15) is 10.1 Å². The van der Waals surface area contributed by atoms with E-state index in [1.54, 1.807) is 6.08 Å². The van der Waals surface area contributed by atoms with Gasteiger partial charge in [-0.2, -0.15) is 5.26 Å². The first kappa shape index (κ1) is 18.0. The second-order valence-electron chi connectivity index (χ2n) is 5.26. The van der Waals surface area contributed by atoms with Crippen LogP contribution in [0.15, 0.2) is 52.6 Å². The molecule has 0 unspecified atom stereocenters. The van der Waals surface area contributed by atoms with E-state index >= 15 is 0 Å². The molecule has 3 aromatic rings. The van der Waals surface area contributed by atoms with Crippen molar-refractivity contribution < 1.29 is 4.79 Å². The van der Waals surface area contributed by atoms with Crippen LogP contribution in [0.1, 0.15) is 17.6 Å². The summed E-state index contributed by atoms with van der Waals surface area (Å²) in [7, 11) is 0. The molecule has 0 bridgehead atoms. The molecule has 6 nitrogen and oxygen atoms in total. The molecule has 0 aliphatic heterocycles. The normalized spacial score (nSPS) is 11.2. The van der Waals surface area contributed by atoms with Gasteiger partial charge in [-0.1, -0.05) is 34.2 Å². The maximum absolute atomic E-state index is 12.4. The minimum Gasteiger partial charge on any atom is -0.317 e. The van der Waals surface area contributed by atoms with Gasteiger partial charge >= 0.3 is 0 Å². The molecule has 0 aliphatic rings. The van der Waals surface area contributed by atoms with Crippen LogP contribution in [0.3, 0.4) is 0 Å². The van der Waals surface area contributed by atoms with E-state index in [1.165, 1.54) is 11.3 Å². The number of nitriles is 1. The molecule has 2 aromatic heterocycles. The fraction of sp³-hybridized carbons (Fsp3) is 0.111. The highest BCUT2D eigenvalue weighted by atomic mass is 79.9. The van der Waals surface area contributed by atoms with Crippen molar-refractivity contribution in [3.05, 3.63) is 63.3 Å². The van der Waals surface area contributed by atoms with E-state index in [0.29, 0.717) is 5.13 Å². The molecule has 0 aliphatic carbocycles. The lowest BCUT2D eigenvalue weighted by molar-refractivity contribution is -0.112. The van der Waals surface area contributed by atoms with Crippen molar-refractivity contribution in [3.8, 4) is 11.8 Å². The van der Waals surface area contributed by atoms with Crippen molar-refractivity contribution in [2.24, 2.45) is 0 Å². The topological polar surface area (TPSA) is 83.6 Å². The van der Waals surface area contributed by atoms with Gasteiger partial charge in [0.1, 0.15) is 16.6 Å². The summed E-state index contributed by atoms with van der Waals surface area (Å²) in [5.41, 5.74) is 1.65. The van der Waals surface area contributed by atoms with Gasteiger partial charge in [-0.05, 0) is 48.9 Å². The first-order valence-electron chi connectivity index (χ1n) is 7.79. The van der Waals surface area contributed by atoms with Crippen LogP contribution in [-0.4, -0.2) is 20.7 Å². The van der Waals surface area contributed by atoms with E-state index < -0.39 is 5.91 Å². The molecule has 0 saturated carbocycles. The van der Waals surface area contributed by atoms with Crippen LogP contribution in [0.5, 0.6) is 0 Å². The minimum atomic E-state index is -0.505. The zero-order valence-corrected chi connectivity index (χ0v) is 16.2. The number of hydrogen-bond donors (Lipinski definition) is 1. The Balaban J connectivity index is 1.85. The summed E-state index contributed by atoms with van der Waals surface area (Å²) in [6.45, 7) is 1.96. The van der Waals surface area contributed by atoms with E-state index in [4.69, 9.17) is 0 Å². The number of nitrogens with one attached hydrogen (secondary N) is 1. The lowest BCUT2D eigenvalue weighted by atomic mass is 10.2. The molecule has 8 heteroatoms. The van der Waals surface area contributed by atoms with Crippen LogP contribution in [-0.2, 0) is 11.2 Å². The molecule has 1 aromatic carbocycles. The first-order chi connectivity index (χ1) is 12.6. The average molecular weight is 428 g/mol. The molecule has 0 fully saturated rings. The van der Waals surface area contributed by atoms with Gasteiger partial charge in [0.15, 0.2) is 0 Å². The third-order valence-corrected chi connectivity index (χ3v) is 5.04. The average Bonchev–Trinajstić information content (AvgIpc) is 3.29. The van der Waals surface area contributed by atoms with Gasteiger partial charge in [0, 0.05) is 22.1 Å². The number of nitrogens with zero attached hydrogens (tertiary/aromatic N) is 4. The molecule has 0 spiro atoms. The van der Waals surface area contributed by atoms with Gasteiger partial charge in [-0.25, -0.2) is 0 Å². The highest BCUT2D eigenvalue weighted by molar-refractivity contribution is 9.10. The number of aryl methyl sites for hydroxylation is 1. The lowest BCUT2D eigenvalue weighted by Gasteiger charge is -2.07. The zero-order chi connectivity index (χ0) is 18.5. The van der Waals surface area contributed by atoms with Crippen molar-refractivity contribution >= 4 is 44.4 Å². The Morgan fingerprint density at radius 1 is 1.35 bits per heavy atom. The summed E-state index contributed by atoms with van der Waals surface area (Å²) in [6.07, 6.45) is 4.18. The third-order valence-electron chi connectivity index (χ3n) is 3.53. The summed E-state index contributed by atoms with van der Waals surface area (Å²) in [4.78, 5) is 12.4. The monoisotopic (exact) mass is 427 g/mol. The summed E-state index contributed by atoms with van der Waals surface area (Å²) in [5, 5.41) is 21.1. The van der Waals surface area contributed by atoms with Crippen molar-refractivity contribution in [2.75, 3.05) is 5.32 Å². The Hall–Kier alpha value is -2.76. The quantitative estimate of drug-likeness (QED) is 0.488. The third kappa shape index (κ3) is 4.07. The maximum atomic E-state index is 12.4. The van der Waals surface area contributed by atoms with Crippen molar-refractivity contribution in [1.29, 1.82) is 5.26 Å². The van der Waals surface area contributed by atoms with Gasteiger partial charge in [0.25, 0.3) is 5.91 Å². The number of carbonyl (C=O) groups excluding carboxylic acids is 1. The Morgan fingerprint density at radius 3 is 2.77 bits per heavy atom. The molecule has 3 rings (SSSR count). The van der Waals surface area contributed by atoms with Crippen molar-refractivity contribution in [1.82, 2.24) is 14.8 Å². The Labute approximate surface area is 162 Å². The summed E-state index contributed by atoms with van der Waals surface area (Å²) < 4.78 is 2.88. The lowest BCUT2D eigenvalue weighted by Crippen LogP contribution is -2.13. The summed E-state index contributed by atoms with van der Waals surface area (Å²) in [5.74, 6) is -0.505. The Bertz CT molecular complexity index is 997. The highest BCUT2D eigenvalue weighted by Crippen LogP contribution is 2.20. The van der Waals surface area contributed by atoms with Crippen LogP contribution in [0.4, 0.5) is 5.13 Å². The van der Waals surface area contributed by atoms with Crippen LogP contribution in [0, 0.1) is 11.3 Å². The molecule has 0 radical (unpaired) electrons. The summed E-state index contributed by atoms with van der Waals surface area (Å²) in [6, 6.07) is 13.4. The Kier molecular flexibility index (Phi) is 5.61. The number of amides is 1.